The number of carbonyl (C=O) groups is 2. The summed E-state index contributed by atoms with van der Waals surface area (Å²) in [5.74, 6) is -1.19. The molecule has 0 saturated heterocycles. The second-order valence-electron chi connectivity index (χ2n) is 7.22. The Labute approximate surface area is 174 Å². The number of esters is 1. The van der Waals surface area contributed by atoms with Gasteiger partial charge < -0.3 is 10.1 Å². The molecular formula is C23H25N3O4. The largest absolute Gasteiger partial charge is 0.451 e. The van der Waals surface area contributed by atoms with Crippen LogP contribution >= 0.6 is 0 Å². The zero-order chi connectivity index (χ0) is 21.7. The number of rotatable bonds is 7. The molecule has 0 aliphatic carbocycles. The van der Waals surface area contributed by atoms with E-state index >= 15 is 0 Å². The minimum absolute atomic E-state index is 0.0284. The number of aromatic nitrogens is 2. The van der Waals surface area contributed by atoms with Gasteiger partial charge in [0, 0.05) is 17.6 Å². The van der Waals surface area contributed by atoms with Crippen LogP contribution in [0.15, 0.2) is 47.3 Å². The third-order valence-corrected chi connectivity index (χ3v) is 4.77. The van der Waals surface area contributed by atoms with Crippen LogP contribution < -0.4 is 10.9 Å². The Kier molecular flexibility index (Phi) is 6.61. The Balaban J connectivity index is 1.78. The molecule has 3 aromatic rings. The second kappa shape index (κ2) is 9.35. The maximum Gasteiger partial charge on any atom is 0.359 e. The first kappa shape index (κ1) is 21.2. The summed E-state index contributed by atoms with van der Waals surface area (Å²) >= 11 is 0. The molecule has 7 heteroatoms. The van der Waals surface area contributed by atoms with Gasteiger partial charge in [0.1, 0.15) is 0 Å². The predicted molar refractivity (Wildman–Crippen MR) is 116 cm³/mol. The Morgan fingerprint density at radius 1 is 1.10 bits per heavy atom. The molecule has 2 aromatic carbocycles. The zero-order valence-corrected chi connectivity index (χ0v) is 17.4. The van der Waals surface area contributed by atoms with Gasteiger partial charge in [0.05, 0.1) is 5.39 Å². The molecule has 1 heterocycles. The van der Waals surface area contributed by atoms with Crippen molar-refractivity contribution in [1.82, 2.24) is 9.78 Å². The van der Waals surface area contributed by atoms with Crippen LogP contribution in [0.5, 0.6) is 0 Å². The predicted octanol–water partition coefficient (Wildman–Crippen LogP) is 3.61. The van der Waals surface area contributed by atoms with Crippen LogP contribution in [0.25, 0.3) is 10.8 Å². The van der Waals surface area contributed by atoms with E-state index in [1.807, 2.05) is 39.0 Å². The van der Waals surface area contributed by atoms with E-state index in [1.54, 1.807) is 24.3 Å². The van der Waals surface area contributed by atoms with Crippen molar-refractivity contribution in [3.05, 3.63) is 69.6 Å². The number of ether oxygens (including phenoxy) is 1. The molecule has 0 atom stereocenters. The molecule has 1 aromatic heterocycles. The fourth-order valence-electron chi connectivity index (χ4n) is 3.18. The van der Waals surface area contributed by atoms with Gasteiger partial charge in [-0.2, -0.15) is 5.10 Å². The number of unbranched alkanes of at least 4 members (excludes halogenated alkanes) is 1. The number of fused-ring (bicyclic) bond motifs is 1. The minimum atomic E-state index is -0.743. The SMILES string of the molecule is CCCCn1nc(C(=O)OCC(=O)Nc2ccc(C)cc2C)c2ccccc2c1=O. The average Bonchev–Trinajstić information content (AvgIpc) is 2.74. The fourth-order valence-corrected chi connectivity index (χ4v) is 3.18. The number of nitrogens with zero attached hydrogens (tertiary/aromatic N) is 2. The van der Waals surface area contributed by atoms with Gasteiger partial charge in [0.2, 0.25) is 0 Å². The molecule has 0 spiro atoms. The number of benzene rings is 2. The summed E-state index contributed by atoms with van der Waals surface area (Å²) in [5, 5.41) is 7.77. The normalized spacial score (nSPS) is 10.8. The highest BCUT2D eigenvalue weighted by molar-refractivity contribution is 6.03. The average molecular weight is 407 g/mol. The van der Waals surface area contributed by atoms with Crippen LogP contribution in [0.3, 0.4) is 0 Å². The van der Waals surface area contributed by atoms with Gasteiger partial charge in [-0.15, -0.1) is 0 Å². The van der Waals surface area contributed by atoms with Gasteiger partial charge in [-0.3, -0.25) is 9.59 Å². The quantitative estimate of drug-likeness (QED) is 0.604. The molecule has 0 aliphatic rings. The molecule has 0 bridgehead atoms. The lowest BCUT2D eigenvalue weighted by Gasteiger charge is -2.11. The Morgan fingerprint density at radius 2 is 1.83 bits per heavy atom. The van der Waals surface area contributed by atoms with E-state index in [2.05, 4.69) is 10.4 Å². The van der Waals surface area contributed by atoms with Crippen LogP contribution in [0.4, 0.5) is 5.69 Å². The standard InChI is InChI=1S/C23H25N3O4/c1-4-5-12-26-22(28)18-9-7-6-8-17(18)21(25-26)23(29)30-14-20(27)24-19-11-10-15(2)13-16(19)3/h6-11,13H,4-5,12,14H2,1-3H3,(H,24,27). The molecule has 0 radical (unpaired) electrons. The van der Waals surface area contributed by atoms with Crippen LogP contribution in [0, 0.1) is 13.8 Å². The molecule has 0 fully saturated rings. The number of nitrogens with one attached hydrogen (secondary N) is 1. The number of amides is 1. The van der Waals surface area contributed by atoms with E-state index < -0.39 is 18.5 Å². The monoisotopic (exact) mass is 407 g/mol. The second-order valence-corrected chi connectivity index (χ2v) is 7.22. The molecule has 1 amide bonds. The third-order valence-electron chi connectivity index (χ3n) is 4.77. The summed E-state index contributed by atoms with van der Waals surface area (Å²) in [7, 11) is 0. The van der Waals surface area contributed by atoms with Gasteiger partial charge in [0.25, 0.3) is 11.5 Å². The molecule has 1 N–H and O–H groups in total. The number of anilines is 1. The van der Waals surface area contributed by atoms with E-state index in [0.29, 0.717) is 23.0 Å². The number of hydrogen-bond acceptors (Lipinski definition) is 5. The van der Waals surface area contributed by atoms with Crippen molar-refractivity contribution in [3.8, 4) is 0 Å². The fraction of sp³-hybridized carbons (Fsp3) is 0.304. The Bertz CT molecular complexity index is 1150. The van der Waals surface area contributed by atoms with Gasteiger partial charge in [-0.25, -0.2) is 9.48 Å². The smallest absolute Gasteiger partial charge is 0.359 e. The molecule has 0 aliphatic heterocycles. The number of carbonyl (C=O) groups excluding carboxylic acids is 2. The van der Waals surface area contributed by atoms with Crippen molar-refractivity contribution in [1.29, 1.82) is 0 Å². The summed E-state index contributed by atoms with van der Waals surface area (Å²) in [6.45, 7) is 5.83. The van der Waals surface area contributed by atoms with Gasteiger partial charge in [-0.05, 0) is 38.0 Å². The summed E-state index contributed by atoms with van der Waals surface area (Å²) in [6, 6.07) is 12.4. The van der Waals surface area contributed by atoms with Crippen molar-refractivity contribution in [3.63, 3.8) is 0 Å². The summed E-state index contributed by atoms with van der Waals surface area (Å²) in [6.07, 6.45) is 1.65. The van der Waals surface area contributed by atoms with Crippen molar-refractivity contribution >= 4 is 28.3 Å². The van der Waals surface area contributed by atoms with E-state index in [1.165, 1.54) is 4.68 Å². The van der Waals surface area contributed by atoms with Crippen molar-refractivity contribution in [2.45, 2.75) is 40.2 Å². The lowest BCUT2D eigenvalue weighted by molar-refractivity contribution is -0.119. The van der Waals surface area contributed by atoms with Gasteiger partial charge in [-0.1, -0.05) is 49.2 Å². The molecule has 3 rings (SSSR count). The Hall–Kier alpha value is -3.48. The highest BCUT2D eigenvalue weighted by Crippen LogP contribution is 2.17. The van der Waals surface area contributed by atoms with E-state index in [4.69, 9.17) is 4.74 Å². The van der Waals surface area contributed by atoms with Gasteiger partial charge >= 0.3 is 5.97 Å². The first-order valence-electron chi connectivity index (χ1n) is 9.94. The van der Waals surface area contributed by atoms with Crippen molar-refractivity contribution < 1.29 is 14.3 Å². The first-order chi connectivity index (χ1) is 14.4. The zero-order valence-electron chi connectivity index (χ0n) is 17.4. The molecular weight excluding hydrogens is 382 g/mol. The van der Waals surface area contributed by atoms with E-state index in [9.17, 15) is 14.4 Å². The molecule has 30 heavy (non-hydrogen) atoms. The highest BCUT2D eigenvalue weighted by atomic mass is 16.5. The number of hydrogen-bond donors (Lipinski definition) is 1. The van der Waals surface area contributed by atoms with Crippen LogP contribution in [0.2, 0.25) is 0 Å². The van der Waals surface area contributed by atoms with Crippen LogP contribution in [-0.2, 0) is 16.1 Å². The van der Waals surface area contributed by atoms with Crippen molar-refractivity contribution in [2.24, 2.45) is 0 Å². The maximum atomic E-state index is 12.7. The van der Waals surface area contributed by atoms with Crippen LogP contribution in [-0.4, -0.2) is 28.3 Å². The number of aryl methyl sites for hydroxylation is 3. The molecule has 7 nitrogen and oxygen atoms in total. The van der Waals surface area contributed by atoms with E-state index in [-0.39, 0.29) is 11.3 Å². The van der Waals surface area contributed by atoms with Crippen LogP contribution in [0.1, 0.15) is 41.4 Å². The van der Waals surface area contributed by atoms with Crippen molar-refractivity contribution in [2.75, 3.05) is 11.9 Å². The lowest BCUT2D eigenvalue weighted by Crippen LogP contribution is -2.28. The maximum absolute atomic E-state index is 12.7. The summed E-state index contributed by atoms with van der Waals surface area (Å²) in [5.41, 5.74) is 2.46. The minimum Gasteiger partial charge on any atom is -0.451 e. The molecule has 156 valence electrons. The van der Waals surface area contributed by atoms with Gasteiger partial charge in [0.15, 0.2) is 12.3 Å². The third kappa shape index (κ3) is 4.74. The first-order valence-corrected chi connectivity index (χ1v) is 9.94. The molecule has 0 unspecified atom stereocenters. The summed E-state index contributed by atoms with van der Waals surface area (Å²) < 4.78 is 6.49. The Morgan fingerprint density at radius 3 is 2.53 bits per heavy atom. The lowest BCUT2D eigenvalue weighted by atomic mass is 10.1. The molecule has 0 saturated carbocycles. The topological polar surface area (TPSA) is 90.3 Å². The van der Waals surface area contributed by atoms with E-state index in [0.717, 1.165) is 24.0 Å². The highest BCUT2D eigenvalue weighted by Gasteiger charge is 2.19. The summed E-state index contributed by atoms with van der Waals surface area (Å²) in [4.78, 5) is 37.6.